The van der Waals surface area contributed by atoms with E-state index in [4.69, 9.17) is 4.42 Å². The van der Waals surface area contributed by atoms with E-state index in [1.807, 2.05) is 30.3 Å². The monoisotopic (exact) mass is 318 g/mol. The molecule has 0 atom stereocenters. The second-order valence-corrected chi connectivity index (χ2v) is 5.32. The number of hydrogen-bond donors (Lipinski definition) is 2. The van der Waals surface area contributed by atoms with Gasteiger partial charge < -0.3 is 14.8 Å². The Balaban J connectivity index is 1.55. The highest BCUT2D eigenvalue weighted by Crippen LogP contribution is 2.24. The highest BCUT2D eigenvalue weighted by Gasteiger charge is 2.08. The number of aromatic nitrogens is 3. The molecule has 24 heavy (non-hydrogen) atoms. The number of pyridine rings is 2. The summed E-state index contributed by atoms with van der Waals surface area (Å²) in [7, 11) is 0. The van der Waals surface area contributed by atoms with Crippen LogP contribution in [-0.2, 0) is 6.54 Å². The molecular weight excluding hydrogens is 304 g/mol. The fraction of sp³-hybridized carbons (Fsp3) is 0.0556. The molecule has 0 fully saturated rings. The van der Waals surface area contributed by atoms with Crippen molar-refractivity contribution < 1.29 is 9.52 Å². The molecule has 0 aliphatic carbocycles. The van der Waals surface area contributed by atoms with Gasteiger partial charge in [0.25, 0.3) is 0 Å². The summed E-state index contributed by atoms with van der Waals surface area (Å²) in [4.78, 5) is 12.7. The van der Waals surface area contributed by atoms with E-state index < -0.39 is 0 Å². The molecule has 0 saturated heterocycles. The smallest absolute Gasteiger partial charge is 0.228 e. The third kappa shape index (κ3) is 2.89. The van der Waals surface area contributed by atoms with Crippen LogP contribution >= 0.6 is 0 Å². The highest BCUT2D eigenvalue weighted by atomic mass is 16.3. The fourth-order valence-electron chi connectivity index (χ4n) is 2.38. The van der Waals surface area contributed by atoms with Crippen molar-refractivity contribution in [3.8, 4) is 17.2 Å². The molecule has 0 spiro atoms. The van der Waals surface area contributed by atoms with E-state index in [2.05, 4.69) is 20.3 Å². The minimum Gasteiger partial charge on any atom is -0.506 e. The Morgan fingerprint density at radius 3 is 2.83 bits per heavy atom. The summed E-state index contributed by atoms with van der Waals surface area (Å²) in [5.41, 5.74) is 3.44. The zero-order chi connectivity index (χ0) is 16.4. The minimum absolute atomic E-state index is 0.146. The number of nitrogens with zero attached hydrogens (tertiary/aromatic N) is 3. The van der Waals surface area contributed by atoms with Gasteiger partial charge in [-0.1, -0.05) is 6.07 Å². The molecule has 0 aliphatic rings. The van der Waals surface area contributed by atoms with Crippen LogP contribution in [0, 0.1) is 0 Å². The Morgan fingerprint density at radius 1 is 1.08 bits per heavy atom. The normalized spacial score (nSPS) is 10.8. The van der Waals surface area contributed by atoms with Gasteiger partial charge >= 0.3 is 0 Å². The van der Waals surface area contributed by atoms with Gasteiger partial charge in [0.15, 0.2) is 5.58 Å². The van der Waals surface area contributed by atoms with Gasteiger partial charge in [0.1, 0.15) is 17.1 Å². The predicted molar refractivity (Wildman–Crippen MR) is 90.5 cm³/mol. The number of rotatable bonds is 4. The lowest BCUT2D eigenvalue weighted by atomic mass is 10.2. The summed E-state index contributed by atoms with van der Waals surface area (Å²) < 4.78 is 5.77. The molecule has 0 bridgehead atoms. The van der Waals surface area contributed by atoms with Crippen LogP contribution in [-0.4, -0.2) is 20.1 Å². The van der Waals surface area contributed by atoms with Gasteiger partial charge in [-0.3, -0.25) is 4.98 Å². The van der Waals surface area contributed by atoms with E-state index in [-0.39, 0.29) is 5.75 Å². The number of hydrogen-bond acceptors (Lipinski definition) is 6. The second kappa shape index (κ2) is 6.00. The summed E-state index contributed by atoms with van der Waals surface area (Å²) >= 11 is 0. The lowest BCUT2D eigenvalue weighted by molar-refractivity contribution is 0.473. The Kier molecular flexibility index (Phi) is 3.55. The topological polar surface area (TPSA) is 84.1 Å². The molecule has 0 unspecified atom stereocenters. The molecular formula is C18H14N4O2. The number of oxazole rings is 1. The average Bonchev–Trinajstić information content (AvgIpc) is 3.05. The Labute approximate surface area is 137 Å². The van der Waals surface area contributed by atoms with Crippen molar-refractivity contribution in [3.63, 3.8) is 0 Å². The molecule has 118 valence electrons. The quantitative estimate of drug-likeness (QED) is 0.598. The predicted octanol–water partition coefficient (Wildman–Crippen LogP) is 3.60. The number of anilines is 1. The van der Waals surface area contributed by atoms with Crippen LogP contribution in [0.2, 0.25) is 0 Å². The van der Waals surface area contributed by atoms with E-state index in [1.54, 1.807) is 24.5 Å². The lowest BCUT2D eigenvalue weighted by Crippen LogP contribution is -2.00. The first-order valence-corrected chi connectivity index (χ1v) is 7.47. The largest absolute Gasteiger partial charge is 0.506 e. The second-order valence-electron chi connectivity index (χ2n) is 5.32. The van der Waals surface area contributed by atoms with Crippen molar-refractivity contribution in [1.29, 1.82) is 0 Å². The standard InChI is InChI=1S/C18H14N4O2/c23-14-4-6-17(21-11-14)20-9-12-3-5-16-15(8-12)22-18(24-16)13-2-1-7-19-10-13/h1-8,10-11,23H,9H2,(H,20,21). The molecule has 6 nitrogen and oxygen atoms in total. The Morgan fingerprint density at radius 2 is 2.04 bits per heavy atom. The van der Waals surface area contributed by atoms with Crippen molar-refractivity contribution in [2.75, 3.05) is 5.32 Å². The third-order valence-electron chi connectivity index (χ3n) is 3.58. The molecule has 0 radical (unpaired) electrons. The summed E-state index contributed by atoms with van der Waals surface area (Å²) in [6.45, 7) is 0.600. The molecule has 0 saturated carbocycles. The Bertz CT molecular complexity index is 965. The van der Waals surface area contributed by atoms with E-state index in [0.717, 1.165) is 22.2 Å². The van der Waals surface area contributed by atoms with E-state index in [0.29, 0.717) is 18.3 Å². The summed E-state index contributed by atoms with van der Waals surface area (Å²) in [6.07, 6.45) is 4.85. The Hall–Kier alpha value is -3.41. The summed E-state index contributed by atoms with van der Waals surface area (Å²) in [6, 6.07) is 12.9. The zero-order valence-electron chi connectivity index (χ0n) is 12.7. The maximum Gasteiger partial charge on any atom is 0.228 e. The van der Waals surface area contributed by atoms with Gasteiger partial charge in [-0.15, -0.1) is 0 Å². The first-order valence-electron chi connectivity index (χ1n) is 7.47. The molecule has 4 aromatic rings. The van der Waals surface area contributed by atoms with Crippen molar-refractivity contribution >= 4 is 16.9 Å². The van der Waals surface area contributed by atoms with Gasteiger partial charge in [0.05, 0.1) is 11.8 Å². The fourth-order valence-corrected chi connectivity index (χ4v) is 2.38. The number of nitrogens with one attached hydrogen (secondary N) is 1. The third-order valence-corrected chi connectivity index (χ3v) is 3.58. The summed E-state index contributed by atoms with van der Waals surface area (Å²) in [5.74, 6) is 1.40. The first-order chi connectivity index (χ1) is 11.8. The molecule has 0 aliphatic heterocycles. The number of benzene rings is 1. The average molecular weight is 318 g/mol. The maximum absolute atomic E-state index is 9.24. The van der Waals surface area contributed by atoms with Crippen LogP contribution in [0.25, 0.3) is 22.6 Å². The molecule has 4 rings (SSSR count). The van der Waals surface area contributed by atoms with E-state index >= 15 is 0 Å². The van der Waals surface area contributed by atoms with Crippen molar-refractivity contribution in [2.24, 2.45) is 0 Å². The van der Waals surface area contributed by atoms with Crippen molar-refractivity contribution in [3.05, 3.63) is 66.6 Å². The van der Waals surface area contributed by atoms with Crippen molar-refractivity contribution in [1.82, 2.24) is 15.0 Å². The maximum atomic E-state index is 9.24. The van der Waals surface area contributed by atoms with Crippen LogP contribution in [0.5, 0.6) is 5.75 Å². The molecule has 2 N–H and O–H groups in total. The molecule has 3 heterocycles. The van der Waals surface area contributed by atoms with Gasteiger partial charge in [-0.05, 0) is 42.0 Å². The SMILES string of the molecule is Oc1ccc(NCc2ccc3oc(-c4cccnc4)nc3c2)nc1. The lowest BCUT2D eigenvalue weighted by Gasteiger charge is -2.05. The van der Waals surface area contributed by atoms with E-state index in [9.17, 15) is 5.11 Å². The number of fused-ring (bicyclic) bond motifs is 1. The first kappa shape index (κ1) is 14.2. The summed E-state index contributed by atoms with van der Waals surface area (Å²) in [5, 5.41) is 12.4. The molecule has 3 aromatic heterocycles. The zero-order valence-corrected chi connectivity index (χ0v) is 12.7. The van der Waals surface area contributed by atoms with Crippen molar-refractivity contribution in [2.45, 2.75) is 6.54 Å². The van der Waals surface area contributed by atoms with Crippen LogP contribution in [0.4, 0.5) is 5.82 Å². The van der Waals surface area contributed by atoms with Gasteiger partial charge in [-0.25, -0.2) is 9.97 Å². The van der Waals surface area contributed by atoms with Gasteiger partial charge in [-0.2, -0.15) is 0 Å². The van der Waals surface area contributed by atoms with Crippen LogP contribution in [0.3, 0.4) is 0 Å². The van der Waals surface area contributed by atoms with Crippen LogP contribution < -0.4 is 5.32 Å². The molecule has 0 amide bonds. The minimum atomic E-state index is 0.146. The molecule has 1 aromatic carbocycles. The van der Waals surface area contributed by atoms with Gasteiger partial charge in [0.2, 0.25) is 5.89 Å². The van der Waals surface area contributed by atoms with E-state index in [1.165, 1.54) is 6.20 Å². The van der Waals surface area contributed by atoms with Crippen LogP contribution in [0.15, 0.2) is 65.5 Å². The number of aromatic hydroxyl groups is 1. The highest BCUT2D eigenvalue weighted by molar-refractivity contribution is 5.76. The van der Waals surface area contributed by atoms with Crippen LogP contribution in [0.1, 0.15) is 5.56 Å². The van der Waals surface area contributed by atoms with Gasteiger partial charge in [0, 0.05) is 18.9 Å². The molecule has 6 heteroatoms.